The molecule has 5 nitrogen and oxygen atoms in total. The van der Waals surface area contributed by atoms with Gasteiger partial charge in [-0.05, 0) is 45.6 Å². The number of aliphatic hydroxyl groups is 1. The van der Waals surface area contributed by atoms with Crippen LogP contribution < -0.4 is 5.73 Å². The first-order valence-corrected chi connectivity index (χ1v) is 8.26. The van der Waals surface area contributed by atoms with Crippen molar-refractivity contribution in [1.29, 1.82) is 0 Å². The van der Waals surface area contributed by atoms with E-state index in [9.17, 15) is 9.90 Å². The molecule has 1 fully saturated rings. The highest BCUT2D eigenvalue weighted by atomic mass is 16.6. The zero-order chi connectivity index (χ0) is 17.0. The number of carbonyl (C=O) groups excluding carboxylic acids is 1. The Balaban J connectivity index is 1.96. The van der Waals surface area contributed by atoms with Gasteiger partial charge >= 0.3 is 6.09 Å². The van der Waals surface area contributed by atoms with Crippen LogP contribution in [0.5, 0.6) is 0 Å². The van der Waals surface area contributed by atoms with E-state index in [1.807, 2.05) is 51.1 Å². The van der Waals surface area contributed by atoms with E-state index in [4.69, 9.17) is 10.5 Å². The van der Waals surface area contributed by atoms with Crippen molar-refractivity contribution in [3.05, 3.63) is 35.9 Å². The van der Waals surface area contributed by atoms with Crippen molar-refractivity contribution in [2.24, 2.45) is 5.73 Å². The summed E-state index contributed by atoms with van der Waals surface area (Å²) in [5, 5.41) is 10.4. The topological polar surface area (TPSA) is 75.8 Å². The maximum atomic E-state index is 12.3. The molecule has 128 valence electrons. The molecular weight excluding hydrogens is 292 g/mol. The molecule has 0 radical (unpaired) electrons. The van der Waals surface area contributed by atoms with E-state index in [0.29, 0.717) is 13.0 Å². The lowest BCUT2D eigenvalue weighted by molar-refractivity contribution is 0.0198. The summed E-state index contributed by atoms with van der Waals surface area (Å²) >= 11 is 0. The summed E-state index contributed by atoms with van der Waals surface area (Å²) < 4.78 is 5.46. The number of rotatable bonds is 4. The molecule has 0 aromatic heterocycles. The average Bonchev–Trinajstić information content (AvgIpc) is 2.94. The second kappa shape index (κ2) is 7.32. The Bertz CT molecular complexity index is 513. The molecule has 0 bridgehead atoms. The number of nitrogens with zero attached hydrogens (tertiary/aromatic N) is 1. The number of nitrogens with two attached hydrogens (primary N) is 1. The van der Waals surface area contributed by atoms with Gasteiger partial charge in [-0.15, -0.1) is 0 Å². The van der Waals surface area contributed by atoms with Gasteiger partial charge in [0.1, 0.15) is 5.60 Å². The molecule has 1 heterocycles. The zero-order valence-corrected chi connectivity index (χ0v) is 14.2. The van der Waals surface area contributed by atoms with E-state index >= 15 is 0 Å². The summed E-state index contributed by atoms with van der Waals surface area (Å²) in [6.07, 6.45) is 1.39. The number of aliphatic hydroxyl groups excluding tert-OH is 1. The van der Waals surface area contributed by atoms with Gasteiger partial charge in [-0.25, -0.2) is 4.79 Å². The minimum atomic E-state index is -0.725. The van der Waals surface area contributed by atoms with Gasteiger partial charge in [0.15, 0.2) is 0 Å². The van der Waals surface area contributed by atoms with Gasteiger partial charge in [0.25, 0.3) is 0 Å². The molecule has 0 aliphatic carbocycles. The first-order chi connectivity index (χ1) is 10.8. The van der Waals surface area contributed by atoms with Crippen LogP contribution in [0, 0.1) is 0 Å². The molecule has 1 aromatic carbocycles. The van der Waals surface area contributed by atoms with Crippen LogP contribution in [0.25, 0.3) is 0 Å². The van der Waals surface area contributed by atoms with Gasteiger partial charge in [-0.3, -0.25) is 0 Å². The molecule has 3 atom stereocenters. The van der Waals surface area contributed by atoms with Crippen LogP contribution >= 0.6 is 0 Å². The fourth-order valence-corrected chi connectivity index (χ4v) is 2.98. The fraction of sp³-hybridized carbons (Fsp3) is 0.611. The first kappa shape index (κ1) is 17.8. The Hall–Kier alpha value is -1.59. The lowest BCUT2D eigenvalue weighted by atomic mass is 9.96. The molecule has 1 amide bonds. The monoisotopic (exact) mass is 320 g/mol. The van der Waals surface area contributed by atoms with Crippen LogP contribution in [0.2, 0.25) is 0 Å². The van der Waals surface area contributed by atoms with Crippen LogP contribution in [-0.4, -0.2) is 40.3 Å². The lowest BCUT2D eigenvalue weighted by Crippen LogP contribution is -2.43. The summed E-state index contributed by atoms with van der Waals surface area (Å²) in [5.74, 6) is 0. The van der Waals surface area contributed by atoms with Crippen molar-refractivity contribution >= 4 is 6.09 Å². The summed E-state index contributed by atoms with van der Waals surface area (Å²) in [6, 6.07) is 9.02. The lowest BCUT2D eigenvalue weighted by Gasteiger charge is -2.31. The van der Waals surface area contributed by atoms with Gasteiger partial charge in [-0.1, -0.05) is 30.3 Å². The molecule has 2 unspecified atom stereocenters. The van der Waals surface area contributed by atoms with Gasteiger partial charge in [-0.2, -0.15) is 0 Å². The summed E-state index contributed by atoms with van der Waals surface area (Å²) in [5.41, 5.74) is 6.49. The Kier molecular flexibility index (Phi) is 5.65. The second-order valence-corrected chi connectivity index (χ2v) is 7.22. The summed E-state index contributed by atoms with van der Waals surface area (Å²) in [4.78, 5) is 14.0. The largest absolute Gasteiger partial charge is 0.444 e. The SMILES string of the molecule is CC(C)(C)OC(=O)N1CCCC1C[C@H](N)C(O)c1ccccc1. The summed E-state index contributed by atoms with van der Waals surface area (Å²) in [6.45, 7) is 6.27. The van der Waals surface area contributed by atoms with E-state index in [0.717, 1.165) is 18.4 Å². The van der Waals surface area contributed by atoms with E-state index in [-0.39, 0.29) is 12.1 Å². The number of likely N-dealkylation sites (tertiary alicyclic amines) is 1. The molecule has 1 aliphatic rings. The molecule has 5 heteroatoms. The highest BCUT2D eigenvalue weighted by Crippen LogP contribution is 2.27. The third-order valence-electron chi connectivity index (χ3n) is 4.10. The van der Waals surface area contributed by atoms with E-state index < -0.39 is 17.7 Å². The number of amides is 1. The third-order valence-corrected chi connectivity index (χ3v) is 4.10. The predicted octanol–water partition coefficient (Wildman–Crippen LogP) is 2.84. The van der Waals surface area contributed by atoms with Crippen LogP contribution in [0.15, 0.2) is 30.3 Å². The van der Waals surface area contributed by atoms with Crippen LogP contribution in [-0.2, 0) is 4.74 Å². The van der Waals surface area contributed by atoms with Gasteiger partial charge in [0, 0.05) is 18.6 Å². The minimum absolute atomic E-state index is 0.0261. The Labute approximate surface area is 138 Å². The molecular formula is C18H28N2O3. The van der Waals surface area contributed by atoms with Crippen molar-refractivity contribution in [3.8, 4) is 0 Å². The third kappa shape index (κ3) is 4.94. The molecule has 0 spiro atoms. The number of hydrogen-bond donors (Lipinski definition) is 2. The average molecular weight is 320 g/mol. The van der Waals surface area contributed by atoms with Crippen molar-refractivity contribution in [1.82, 2.24) is 4.90 Å². The van der Waals surface area contributed by atoms with Crippen LogP contribution in [0.3, 0.4) is 0 Å². The molecule has 0 saturated carbocycles. The quantitative estimate of drug-likeness (QED) is 0.894. The highest BCUT2D eigenvalue weighted by Gasteiger charge is 2.34. The normalized spacial score (nSPS) is 21.1. The van der Waals surface area contributed by atoms with Crippen LogP contribution in [0.4, 0.5) is 4.79 Å². The second-order valence-electron chi connectivity index (χ2n) is 7.22. The van der Waals surface area contributed by atoms with E-state index in [1.54, 1.807) is 4.90 Å². The van der Waals surface area contributed by atoms with Crippen molar-refractivity contribution in [3.63, 3.8) is 0 Å². The van der Waals surface area contributed by atoms with E-state index in [2.05, 4.69) is 0 Å². The summed E-state index contributed by atoms with van der Waals surface area (Å²) in [7, 11) is 0. The van der Waals surface area contributed by atoms with Gasteiger partial charge in [0.2, 0.25) is 0 Å². The molecule has 23 heavy (non-hydrogen) atoms. The standard InChI is InChI=1S/C18H28N2O3/c1-18(2,3)23-17(22)20-11-7-10-14(20)12-15(19)16(21)13-8-5-4-6-9-13/h4-6,8-9,14-16,21H,7,10-12,19H2,1-3H3/t14?,15-,16?/m0/s1. The highest BCUT2D eigenvalue weighted by molar-refractivity contribution is 5.68. The number of ether oxygens (including phenoxy) is 1. The molecule has 2 rings (SSSR count). The van der Waals surface area contributed by atoms with Gasteiger partial charge < -0.3 is 20.5 Å². The maximum absolute atomic E-state index is 12.3. The first-order valence-electron chi connectivity index (χ1n) is 8.26. The molecule has 1 aromatic rings. The number of hydrogen-bond acceptors (Lipinski definition) is 4. The van der Waals surface area contributed by atoms with Crippen molar-refractivity contribution < 1.29 is 14.6 Å². The van der Waals surface area contributed by atoms with Gasteiger partial charge in [0.05, 0.1) is 6.10 Å². The maximum Gasteiger partial charge on any atom is 0.410 e. The minimum Gasteiger partial charge on any atom is -0.444 e. The smallest absolute Gasteiger partial charge is 0.410 e. The Morgan fingerprint density at radius 3 is 2.65 bits per heavy atom. The predicted molar refractivity (Wildman–Crippen MR) is 90.0 cm³/mol. The van der Waals surface area contributed by atoms with E-state index in [1.165, 1.54) is 0 Å². The molecule has 3 N–H and O–H groups in total. The Morgan fingerprint density at radius 2 is 2.04 bits per heavy atom. The van der Waals surface area contributed by atoms with Crippen molar-refractivity contribution in [2.45, 2.75) is 63.8 Å². The number of benzene rings is 1. The number of carbonyl (C=O) groups is 1. The zero-order valence-electron chi connectivity index (χ0n) is 14.2. The molecule has 1 aliphatic heterocycles. The van der Waals surface area contributed by atoms with Crippen LogP contribution in [0.1, 0.15) is 51.7 Å². The fourth-order valence-electron chi connectivity index (χ4n) is 2.98. The van der Waals surface area contributed by atoms with Crippen molar-refractivity contribution in [2.75, 3.05) is 6.54 Å². The molecule has 1 saturated heterocycles. The Morgan fingerprint density at radius 1 is 1.39 bits per heavy atom.